The molecule has 2 aromatic rings. The Balaban J connectivity index is 2.20. The van der Waals surface area contributed by atoms with Gasteiger partial charge in [-0.2, -0.15) is 0 Å². The number of aliphatic imine (C=N–C) groups is 1. The number of hydrogen-bond donors (Lipinski definition) is 2. The first-order chi connectivity index (χ1) is 8.66. The molecule has 0 atom stereocenters. The minimum atomic E-state index is 0.401. The van der Waals surface area contributed by atoms with Crippen molar-refractivity contribution in [1.29, 1.82) is 0 Å². The van der Waals surface area contributed by atoms with Crippen LogP contribution in [0.5, 0.6) is 0 Å². The van der Waals surface area contributed by atoms with E-state index in [9.17, 15) is 0 Å². The van der Waals surface area contributed by atoms with E-state index in [-0.39, 0.29) is 0 Å². The third-order valence-corrected chi connectivity index (χ3v) is 2.76. The van der Waals surface area contributed by atoms with Gasteiger partial charge in [0.15, 0.2) is 5.96 Å². The standard InChI is InChI=1S/C15H17N3/c1-11-7-3-5-9-13(11)17-15(16)18-14-10-6-4-8-12(14)2/h3-10H,1-2H3,(H3,16,17,18)/i15-1. The summed E-state index contributed by atoms with van der Waals surface area (Å²) in [6, 6.07) is 15.9. The molecule has 0 bridgehead atoms. The fraction of sp³-hybridized carbons (Fsp3) is 0.133. The zero-order valence-corrected chi connectivity index (χ0v) is 10.6. The van der Waals surface area contributed by atoms with Crippen LogP contribution in [0.3, 0.4) is 0 Å². The molecule has 0 aliphatic heterocycles. The summed E-state index contributed by atoms with van der Waals surface area (Å²) in [5, 5.41) is 3.11. The molecular weight excluding hydrogens is 221 g/mol. The lowest BCUT2D eigenvalue weighted by molar-refractivity contribution is 1.36. The lowest BCUT2D eigenvalue weighted by atomic mass is 10.1. The highest BCUT2D eigenvalue weighted by atomic mass is 15.0. The van der Waals surface area contributed by atoms with Crippen LogP contribution in [0.2, 0.25) is 0 Å². The van der Waals surface area contributed by atoms with Gasteiger partial charge in [0.1, 0.15) is 0 Å². The SMILES string of the molecule is Cc1ccccc1N=[11C](N)Nc1ccccc1C. The predicted octanol–water partition coefficient (Wildman–Crippen LogP) is 3.36. The lowest BCUT2D eigenvalue weighted by Crippen LogP contribution is -2.22. The van der Waals surface area contributed by atoms with Gasteiger partial charge >= 0.3 is 0 Å². The molecule has 0 unspecified atom stereocenters. The van der Waals surface area contributed by atoms with Gasteiger partial charge in [0.05, 0.1) is 5.69 Å². The Morgan fingerprint density at radius 2 is 1.56 bits per heavy atom. The lowest BCUT2D eigenvalue weighted by Gasteiger charge is -2.08. The number of hydrogen-bond acceptors (Lipinski definition) is 1. The number of para-hydroxylation sites is 2. The summed E-state index contributed by atoms with van der Waals surface area (Å²) in [4.78, 5) is 4.38. The van der Waals surface area contributed by atoms with Crippen LogP contribution in [0.4, 0.5) is 11.4 Å². The maximum Gasteiger partial charge on any atom is 0.198 e. The molecule has 3 heteroatoms. The Morgan fingerprint density at radius 3 is 2.22 bits per heavy atom. The van der Waals surface area contributed by atoms with Gasteiger partial charge in [-0.3, -0.25) is 0 Å². The Morgan fingerprint density at radius 1 is 0.944 bits per heavy atom. The summed E-state index contributed by atoms with van der Waals surface area (Å²) in [5.74, 6) is 0.401. The summed E-state index contributed by atoms with van der Waals surface area (Å²) in [7, 11) is 0. The molecule has 0 fully saturated rings. The van der Waals surface area contributed by atoms with Crippen LogP contribution < -0.4 is 11.1 Å². The van der Waals surface area contributed by atoms with Crippen molar-refractivity contribution in [3.8, 4) is 0 Å². The largest absolute Gasteiger partial charge is 0.369 e. The van der Waals surface area contributed by atoms with Crippen LogP contribution in [0, 0.1) is 13.8 Å². The summed E-state index contributed by atoms with van der Waals surface area (Å²) in [6.45, 7) is 4.04. The van der Waals surface area contributed by atoms with Gasteiger partial charge in [-0.15, -0.1) is 0 Å². The second-order valence-corrected chi connectivity index (χ2v) is 4.22. The molecule has 3 N–H and O–H groups in total. The maximum absolute atomic E-state index is 5.91. The molecule has 0 radical (unpaired) electrons. The highest BCUT2D eigenvalue weighted by Gasteiger charge is 1.99. The fourth-order valence-corrected chi connectivity index (χ4v) is 1.70. The smallest absolute Gasteiger partial charge is 0.198 e. The van der Waals surface area contributed by atoms with E-state index in [1.165, 1.54) is 0 Å². The molecular formula is C15H17N3. The fourth-order valence-electron chi connectivity index (χ4n) is 1.70. The monoisotopic (exact) mass is 238 g/mol. The van der Waals surface area contributed by atoms with Crippen molar-refractivity contribution in [1.82, 2.24) is 0 Å². The molecule has 92 valence electrons. The van der Waals surface area contributed by atoms with Crippen LogP contribution in [0.25, 0.3) is 0 Å². The van der Waals surface area contributed by atoms with Crippen LogP contribution in [-0.2, 0) is 0 Å². The summed E-state index contributed by atoms with van der Waals surface area (Å²) >= 11 is 0. The number of anilines is 1. The molecule has 0 aliphatic carbocycles. The first-order valence-electron chi connectivity index (χ1n) is 5.89. The van der Waals surface area contributed by atoms with Crippen molar-refractivity contribution in [3.63, 3.8) is 0 Å². The zero-order valence-electron chi connectivity index (χ0n) is 10.6. The number of nitrogens with zero attached hydrogens (tertiary/aromatic N) is 1. The molecule has 2 rings (SSSR count). The third kappa shape index (κ3) is 2.88. The van der Waals surface area contributed by atoms with Crippen LogP contribution in [0.1, 0.15) is 11.1 Å². The topological polar surface area (TPSA) is 50.4 Å². The number of aryl methyl sites for hydroxylation is 2. The van der Waals surface area contributed by atoms with Crippen LogP contribution in [-0.4, -0.2) is 5.96 Å². The second kappa shape index (κ2) is 5.36. The number of benzene rings is 2. The van der Waals surface area contributed by atoms with Gasteiger partial charge in [-0.05, 0) is 37.1 Å². The van der Waals surface area contributed by atoms with E-state index >= 15 is 0 Å². The van der Waals surface area contributed by atoms with Gasteiger partial charge in [-0.25, -0.2) is 4.99 Å². The number of guanidine groups is 1. The average Bonchev–Trinajstić information content (AvgIpc) is 2.35. The van der Waals surface area contributed by atoms with Crippen molar-refractivity contribution in [2.24, 2.45) is 10.7 Å². The molecule has 0 aliphatic rings. The van der Waals surface area contributed by atoms with Crippen molar-refractivity contribution in [2.45, 2.75) is 13.8 Å². The van der Waals surface area contributed by atoms with E-state index in [0.29, 0.717) is 5.96 Å². The Hall–Kier alpha value is -2.29. The summed E-state index contributed by atoms with van der Waals surface area (Å²) < 4.78 is 0. The molecule has 0 aromatic heterocycles. The highest BCUT2D eigenvalue weighted by Crippen LogP contribution is 2.18. The minimum absolute atomic E-state index is 0.401. The first-order valence-corrected chi connectivity index (χ1v) is 5.89. The van der Waals surface area contributed by atoms with Gasteiger partial charge in [0.2, 0.25) is 0 Å². The van der Waals surface area contributed by atoms with Crippen molar-refractivity contribution < 1.29 is 0 Å². The van der Waals surface area contributed by atoms with E-state index in [4.69, 9.17) is 5.73 Å². The van der Waals surface area contributed by atoms with E-state index in [2.05, 4.69) is 10.3 Å². The molecule has 0 saturated carbocycles. The van der Waals surface area contributed by atoms with Gasteiger partial charge in [-0.1, -0.05) is 36.4 Å². The second-order valence-electron chi connectivity index (χ2n) is 4.22. The molecule has 0 saturated heterocycles. The van der Waals surface area contributed by atoms with Crippen molar-refractivity contribution in [3.05, 3.63) is 59.7 Å². The van der Waals surface area contributed by atoms with Gasteiger partial charge in [0.25, 0.3) is 0 Å². The number of nitrogens with one attached hydrogen (secondary N) is 1. The van der Waals surface area contributed by atoms with E-state index in [0.717, 1.165) is 22.5 Å². The first kappa shape index (κ1) is 12.2. The minimum Gasteiger partial charge on any atom is -0.369 e. The van der Waals surface area contributed by atoms with E-state index in [1.54, 1.807) is 0 Å². The van der Waals surface area contributed by atoms with Crippen LogP contribution in [0.15, 0.2) is 53.5 Å². The Bertz CT molecular complexity index is 573. The van der Waals surface area contributed by atoms with Crippen molar-refractivity contribution >= 4 is 17.3 Å². The Kier molecular flexibility index (Phi) is 3.63. The van der Waals surface area contributed by atoms with E-state index < -0.39 is 0 Å². The molecule has 0 amide bonds. The zero-order chi connectivity index (χ0) is 13.0. The molecule has 0 heterocycles. The maximum atomic E-state index is 5.91. The molecule has 18 heavy (non-hydrogen) atoms. The summed E-state index contributed by atoms with van der Waals surface area (Å²) in [6.07, 6.45) is 0. The normalized spacial score (nSPS) is 11.3. The summed E-state index contributed by atoms with van der Waals surface area (Å²) in [5.41, 5.74) is 10.0. The predicted molar refractivity (Wildman–Crippen MR) is 77.3 cm³/mol. The molecule has 0 spiro atoms. The van der Waals surface area contributed by atoms with Crippen molar-refractivity contribution in [2.75, 3.05) is 5.32 Å². The van der Waals surface area contributed by atoms with Gasteiger partial charge < -0.3 is 11.1 Å². The Labute approximate surface area is 107 Å². The third-order valence-electron chi connectivity index (χ3n) is 2.76. The molecule has 2 aromatic carbocycles. The quantitative estimate of drug-likeness (QED) is 0.622. The van der Waals surface area contributed by atoms with Gasteiger partial charge in [0, 0.05) is 5.69 Å². The number of rotatable bonds is 2. The average molecular weight is 238 g/mol. The number of nitrogens with two attached hydrogens (primary N) is 1. The molecule has 3 nitrogen and oxygen atoms in total. The highest BCUT2D eigenvalue weighted by molar-refractivity contribution is 5.94. The van der Waals surface area contributed by atoms with Crippen LogP contribution >= 0.6 is 0 Å². The van der Waals surface area contributed by atoms with E-state index in [1.807, 2.05) is 62.4 Å².